The second-order valence-corrected chi connectivity index (χ2v) is 7.43. The van der Waals surface area contributed by atoms with Gasteiger partial charge in [0.2, 0.25) is 0 Å². The highest BCUT2D eigenvalue weighted by molar-refractivity contribution is 5.79. The molecule has 1 heterocycles. The first-order valence-corrected chi connectivity index (χ1v) is 10.6. The largest absolute Gasteiger partial charge is 0.491 e. The van der Waals surface area contributed by atoms with Crippen LogP contribution in [0.3, 0.4) is 0 Å². The number of guanidine groups is 1. The molecule has 1 saturated heterocycles. The molecule has 0 bridgehead atoms. The summed E-state index contributed by atoms with van der Waals surface area (Å²) in [5, 5.41) is 6.85. The van der Waals surface area contributed by atoms with Gasteiger partial charge in [-0.2, -0.15) is 0 Å². The van der Waals surface area contributed by atoms with E-state index in [2.05, 4.69) is 66.4 Å². The third-order valence-electron chi connectivity index (χ3n) is 5.34. The molecule has 2 N–H and O–H groups in total. The first-order valence-electron chi connectivity index (χ1n) is 10.6. The summed E-state index contributed by atoms with van der Waals surface area (Å²) in [5.41, 5.74) is 2.32. The van der Waals surface area contributed by atoms with Crippen molar-refractivity contribution < 1.29 is 9.47 Å². The number of nitrogens with zero attached hydrogens (tertiary/aromatic N) is 2. The molecule has 2 unspecified atom stereocenters. The molecular weight excluding hydrogens is 352 g/mol. The minimum absolute atomic E-state index is 0.220. The van der Waals surface area contributed by atoms with Crippen LogP contribution in [0, 0.1) is 6.92 Å². The van der Waals surface area contributed by atoms with E-state index in [1.807, 2.05) is 0 Å². The zero-order valence-corrected chi connectivity index (χ0v) is 18.3. The lowest BCUT2D eigenvalue weighted by atomic mass is 10.1. The quantitative estimate of drug-likeness (QED) is 0.475. The number of ether oxygens (including phenoxy) is 2. The van der Waals surface area contributed by atoms with Gasteiger partial charge in [-0.25, -0.2) is 0 Å². The Morgan fingerprint density at radius 1 is 1.32 bits per heavy atom. The number of hydrogen-bond acceptors (Lipinski definition) is 4. The van der Waals surface area contributed by atoms with Crippen molar-refractivity contribution in [3.8, 4) is 5.75 Å². The van der Waals surface area contributed by atoms with Crippen molar-refractivity contribution in [2.24, 2.45) is 4.99 Å². The Balaban J connectivity index is 1.88. The van der Waals surface area contributed by atoms with Gasteiger partial charge in [-0.1, -0.05) is 26.0 Å². The average molecular weight is 391 g/mol. The van der Waals surface area contributed by atoms with Gasteiger partial charge in [0.1, 0.15) is 12.4 Å². The topological polar surface area (TPSA) is 58.1 Å². The molecule has 1 aliphatic rings. The van der Waals surface area contributed by atoms with Gasteiger partial charge in [-0.05, 0) is 51.4 Å². The lowest BCUT2D eigenvalue weighted by Crippen LogP contribution is -2.45. The molecule has 0 saturated carbocycles. The SMILES string of the molecule is CCN(CC)C(C)CNC(=NC)NCc1ccc(C)cc1OCC1CCCO1. The number of aliphatic imine (C=N–C) groups is 1. The average Bonchev–Trinajstić information content (AvgIpc) is 3.22. The summed E-state index contributed by atoms with van der Waals surface area (Å²) < 4.78 is 11.8. The number of aryl methyl sites for hydroxylation is 1. The van der Waals surface area contributed by atoms with E-state index in [0.717, 1.165) is 56.4 Å². The van der Waals surface area contributed by atoms with E-state index in [4.69, 9.17) is 9.47 Å². The van der Waals surface area contributed by atoms with Crippen LogP contribution in [0.1, 0.15) is 44.7 Å². The summed E-state index contributed by atoms with van der Waals surface area (Å²) in [6, 6.07) is 6.80. The van der Waals surface area contributed by atoms with Gasteiger partial charge in [0, 0.05) is 38.3 Å². The summed E-state index contributed by atoms with van der Waals surface area (Å²) in [6.45, 7) is 13.8. The molecule has 2 rings (SSSR count). The van der Waals surface area contributed by atoms with Crippen LogP contribution in [0.2, 0.25) is 0 Å². The Morgan fingerprint density at radius 3 is 2.75 bits per heavy atom. The monoisotopic (exact) mass is 390 g/mol. The van der Waals surface area contributed by atoms with Gasteiger partial charge in [0.15, 0.2) is 5.96 Å². The maximum Gasteiger partial charge on any atom is 0.191 e. The second kappa shape index (κ2) is 11.9. The summed E-state index contributed by atoms with van der Waals surface area (Å²) in [5.74, 6) is 1.74. The van der Waals surface area contributed by atoms with Gasteiger partial charge in [0.25, 0.3) is 0 Å². The fraction of sp³-hybridized carbons (Fsp3) is 0.682. The second-order valence-electron chi connectivity index (χ2n) is 7.43. The maximum absolute atomic E-state index is 6.09. The molecule has 1 fully saturated rings. The Hall–Kier alpha value is -1.79. The highest BCUT2D eigenvalue weighted by Gasteiger charge is 2.17. The van der Waals surface area contributed by atoms with Crippen molar-refractivity contribution in [3.05, 3.63) is 29.3 Å². The van der Waals surface area contributed by atoms with E-state index in [1.165, 1.54) is 5.56 Å². The molecule has 0 aromatic heterocycles. The highest BCUT2D eigenvalue weighted by Crippen LogP contribution is 2.22. The molecule has 6 nitrogen and oxygen atoms in total. The fourth-order valence-electron chi connectivity index (χ4n) is 3.52. The molecular formula is C22H38N4O2. The molecule has 158 valence electrons. The lowest BCUT2D eigenvalue weighted by molar-refractivity contribution is 0.0676. The summed E-state index contributed by atoms with van der Waals surface area (Å²) >= 11 is 0. The van der Waals surface area contributed by atoms with E-state index in [9.17, 15) is 0 Å². The van der Waals surface area contributed by atoms with Crippen LogP contribution in [0.25, 0.3) is 0 Å². The molecule has 6 heteroatoms. The first-order chi connectivity index (χ1) is 13.6. The smallest absolute Gasteiger partial charge is 0.191 e. The number of likely N-dealkylation sites (N-methyl/N-ethyl adjacent to an activating group) is 1. The number of rotatable bonds is 10. The normalized spacial score (nSPS) is 18.4. The Kier molecular flexibility index (Phi) is 9.58. The number of hydrogen-bond donors (Lipinski definition) is 2. The van der Waals surface area contributed by atoms with E-state index in [1.54, 1.807) is 7.05 Å². The summed E-state index contributed by atoms with van der Waals surface area (Å²) in [7, 11) is 1.81. The molecule has 28 heavy (non-hydrogen) atoms. The van der Waals surface area contributed by atoms with Crippen LogP contribution in [-0.2, 0) is 11.3 Å². The van der Waals surface area contributed by atoms with Crippen molar-refractivity contribution in [1.82, 2.24) is 15.5 Å². The predicted molar refractivity (Wildman–Crippen MR) is 116 cm³/mol. The molecule has 0 amide bonds. The minimum atomic E-state index is 0.220. The summed E-state index contributed by atoms with van der Waals surface area (Å²) in [6.07, 6.45) is 2.43. The molecule has 1 aliphatic heterocycles. The van der Waals surface area contributed by atoms with Gasteiger partial charge in [0.05, 0.1) is 6.10 Å². The van der Waals surface area contributed by atoms with Gasteiger partial charge >= 0.3 is 0 Å². The molecule has 1 aromatic rings. The van der Waals surface area contributed by atoms with Gasteiger partial charge < -0.3 is 20.1 Å². The molecule has 2 atom stereocenters. The van der Waals surface area contributed by atoms with Crippen molar-refractivity contribution >= 4 is 5.96 Å². The molecule has 1 aromatic carbocycles. The van der Waals surface area contributed by atoms with Crippen LogP contribution in [0.5, 0.6) is 5.75 Å². The molecule has 0 spiro atoms. The summed E-state index contributed by atoms with van der Waals surface area (Å²) in [4.78, 5) is 6.79. The standard InChI is InChI=1S/C22H38N4O2/c1-6-26(7-2)18(4)14-24-22(23-5)25-15-19-11-10-17(3)13-21(19)28-16-20-9-8-12-27-20/h10-11,13,18,20H,6-9,12,14-16H2,1-5H3,(H2,23,24,25). The van der Waals surface area contributed by atoms with E-state index in [-0.39, 0.29) is 6.10 Å². The first kappa shape index (κ1) is 22.5. The zero-order valence-electron chi connectivity index (χ0n) is 18.3. The Morgan fingerprint density at radius 2 is 2.11 bits per heavy atom. The zero-order chi connectivity index (χ0) is 20.4. The van der Waals surface area contributed by atoms with Crippen molar-refractivity contribution in [1.29, 1.82) is 0 Å². The van der Waals surface area contributed by atoms with E-state index in [0.29, 0.717) is 19.2 Å². The van der Waals surface area contributed by atoms with Crippen LogP contribution < -0.4 is 15.4 Å². The predicted octanol–water partition coefficient (Wildman–Crippen LogP) is 2.95. The number of benzene rings is 1. The molecule has 0 aliphatic carbocycles. The third-order valence-corrected chi connectivity index (χ3v) is 5.34. The Bertz CT molecular complexity index is 611. The van der Waals surface area contributed by atoms with Crippen molar-refractivity contribution in [2.45, 2.75) is 59.2 Å². The van der Waals surface area contributed by atoms with Crippen LogP contribution in [0.4, 0.5) is 0 Å². The van der Waals surface area contributed by atoms with Gasteiger partial charge in [-0.15, -0.1) is 0 Å². The van der Waals surface area contributed by atoms with Crippen LogP contribution in [-0.4, -0.2) is 62.9 Å². The molecule has 0 radical (unpaired) electrons. The van der Waals surface area contributed by atoms with Crippen LogP contribution in [0.15, 0.2) is 23.2 Å². The number of nitrogens with one attached hydrogen (secondary N) is 2. The van der Waals surface area contributed by atoms with E-state index < -0.39 is 0 Å². The van der Waals surface area contributed by atoms with Crippen molar-refractivity contribution in [3.63, 3.8) is 0 Å². The Labute approximate surface area is 170 Å². The third kappa shape index (κ3) is 6.99. The van der Waals surface area contributed by atoms with Crippen molar-refractivity contribution in [2.75, 3.05) is 39.9 Å². The van der Waals surface area contributed by atoms with Gasteiger partial charge in [-0.3, -0.25) is 9.89 Å². The maximum atomic E-state index is 6.09. The minimum Gasteiger partial charge on any atom is -0.491 e. The lowest BCUT2D eigenvalue weighted by Gasteiger charge is -2.27. The van der Waals surface area contributed by atoms with Crippen LogP contribution >= 0.6 is 0 Å². The van der Waals surface area contributed by atoms with E-state index >= 15 is 0 Å². The fourth-order valence-corrected chi connectivity index (χ4v) is 3.52. The highest BCUT2D eigenvalue weighted by atomic mass is 16.5.